The number of amides is 1. The van der Waals surface area contributed by atoms with E-state index in [4.69, 9.17) is 21.1 Å². The van der Waals surface area contributed by atoms with Crippen LogP contribution in [0.15, 0.2) is 42.5 Å². The third kappa shape index (κ3) is 4.84. The molecule has 0 radical (unpaired) electrons. The molecule has 5 nitrogen and oxygen atoms in total. The first-order valence-corrected chi connectivity index (χ1v) is 8.02. The van der Waals surface area contributed by atoms with E-state index in [0.29, 0.717) is 22.0 Å². The number of carbonyl (C=O) groups is 2. The van der Waals surface area contributed by atoms with E-state index in [1.807, 2.05) is 28.7 Å². The Balaban J connectivity index is 1.97. The van der Waals surface area contributed by atoms with Crippen molar-refractivity contribution < 1.29 is 19.1 Å². The van der Waals surface area contributed by atoms with Gasteiger partial charge in [0.05, 0.1) is 18.4 Å². The van der Waals surface area contributed by atoms with E-state index in [-0.39, 0.29) is 0 Å². The van der Waals surface area contributed by atoms with Gasteiger partial charge in [0.2, 0.25) is 0 Å². The second-order valence-corrected chi connectivity index (χ2v) is 6.05. The van der Waals surface area contributed by atoms with Gasteiger partial charge in [-0.1, -0.05) is 23.7 Å². The summed E-state index contributed by atoms with van der Waals surface area (Å²) in [5, 5.41) is 3.05. The van der Waals surface area contributed by atoms with Gasteiger partial charge in [0.15, 0.2) is 6.61 Å². The van der Waals surface area contributed by atoms with Gasteiger partial charge in [-0.25, -0.2) is 4.79 Å². The van der Waals surface area contributed by atoms with Crippen LogP contribution >= 0.6 is 34.2 Å². The summed E-state index contributed by atoms with van der Waals surface area (Å²) in [6.07, 6.45) is 0. The highest BCUT2D eigenvalue weighted by atomic mass is 127. The van der Waals surface area contributed by atoms with Crippen LogP contribution < -0.4 is 10.1 Å². The summed E-state index contributed by atoms with van der Waals surface area (Å²) in [7, 11) is 1.48. The number of hydrogen-bond donors (Lipinski definition) is 1. The Morgan fingerprint density at radius 3 is 2.65 bits per heavy atom. The molecule has 0 heterocycles. The lowest BCUT2D eigenvalue weighted by atomic mass is 10.2. The van der Waals surface area contributed by atoms with E-state index in [2.05, 4.69) is 5.32 Å². The Bertz CT molecular complexity index is 736. The highest BCUT2D eigenvalue weighted by Crippen LogP contribution is 2.27. The van der Waals surface area contributed by atoms with Crippen molar-refractivity contribution in [3.8, 4) is 5.75 Å². The minimum atomic E-state index is -0.553. The van der Waals surface area contributed by atoms with Gasteiger partial charge in [-0.2, -0.15) is 0 Å². The van der Waals surface area contributed by atoms with Crippen LogP contribution in [0.4, 0.5) is 5.69 Å². The van der Waals surface area contributed by atoms with Crippen LogP contribution in [-0.2, 0) is 9.53 Å². The molecule has 0 aliphatic heterocycles. The molecule has 0 unspecified atom stereocenters. The molecule has 2 rings (SSSR count). The Kier molecular flexibility index (Phi) is 6.23. The van der Waals surface area contributed by atoms with Gasteiger partial charge in [-0.3, -0.25) is 4.79 Å². The first-order chi connectivity index (χ1) is 11.0. The molecule has 2 aromatic carbocycles. The summed E-state index contributed by atoms with van der Waals surface area (Å²) in [6.45, 7) is -0.403. The van der Waals surface area contributed by atoms with Crippen LogP contribution in [0.5, 0.6) is 5.75 Å². The smallest absolute Gasteiger partial charge is 0.339 e. The fourth-order valence-electron chi connectivity index (χ4n) is 1.80. The Morgan fingerprint density at radius 2 is 1.96 bits per heavy atom. The van der Waals surface area contributed by atoms with Crippen molar-refractivity contribution in [1.29, 1.82) is 0 Å². The third-order valence-corrected chi connectivity index (χ3v) is 4.04. The molecule has 0 aliphatic carbocycles. The van der Waals surface area contributed by atoms with Gasteiger partial charge in [0.25, 0.3) is 5.91 Å². The van der Waals surface area contributed by atoms with Gasteiger partial charge < -0.3 is 14.8 Å². The van der Waals surface area contributed by atoms with E-state index in [9.17, 15) is 9.59 Å². The van der Waals surface area contributed by atoms with Gasteiger partial charge in [-0.15, -0.1) is 0 Å². The average Bonchev–Trinajstić information content (AvgIpc) is 2.53. The summed E-state index contributed by atoms with van der Waals surface area (Å²) in [5.41, 5.74) is 0.830. The van der Waals surface area contributed by atoms with Gasteiger partial charge in [-0.05, 0) is 52.9 Å². The van der Waals surface area contributed by atoms with Crippen molar-refractivity contribution in [2.75, 3.05) is 19.0 Å². The molecule has 0 aliphatic rings. The first-order valence-electron chi connectivity index (χ1n) is 6.56. The fraction of sp³-hybridized carbons (Fsp3) is 0.125. The Hall–Kier alpha value is -1.80. The summed E-state index contributed by atoms with van der Waals surface area (Å²) in [5.74, 6) is -0.570. The van der Waals surface area contributed by atoms with Crippen molar-refractivity contribution in [3.63, 3.8) is 0 Å². The third-order valence-electron chi connectivity index (χ3n) is 2.86. The largest absolute Gasteiger partial charge is 0.495 e. The van der Waals surface area contributed by atoms with Crippen LogP contribution in [-0.4, -0.2) is 25.6 Å². The molecule has 0 saturated heterocycles. The maximum Gasteiger partial charge on any atom is 0.339 e. The number of ether oxygens (including phenoxy) is 2. The molecule has 0 bridgehead atoms. The number of benzene rings is 2. The second kappa shape index (κ2) is 8.16. The lowest BCUT2D eigenvalue weighted by molar-refractivity contribution is -0.119. The molecular weight excluding hydrogens is 433 g/mol. The van der Waals surface area contributed by atoms with Crippen molar-refractivity contribution in [2.24, 2.45) is 0 Å². The van der Waals surface area contributed by atoms with Crippen LogP contribution in [0.1, 0.15) is 10.4 Å². The molecule has 0 atom stereocenters. The number of esters is 1. The zero-order chi connectivity index (χ0) is 16.8. The fourth-order valence-corrected chi connectivity index (χ4v) is 2.58. The minimum Gasteiger partial charge on any atom is -0.495 e. The van der Waals surface area contributed by atoms with Gasteiger partial charge in [0.1, 0.15) is 5.75 Å². The molecule has 0 aromatic heterocycles. The number of nitrogens with one attached hydrogen (secondary N) is 1. The van der Waals surface area contributed by atoms with Crippen molar-refractivity contribution in [2.45, 2.75) is 0 Å². The molecular formula is C16H13ClINO4. The van der Waals surface area contributed by atoms with Crippen LogP contribution in [0, 0.1) is 3.57 Å². The van der Waals surface area contributed by atoms with E-state index in [1.165, 1.54) is 7.11 Å². The molecule has 7 heteroatoms. The molecule has 2 aromatic rings. The molecule has 23 heavy (non-hydrogen) atoms. The van der Waals surface area contributed by atoms with Crippen LogP contribution in [0.2, 0.25) is 5.02 Å². The highest BCUT2D eigenvalue weighted by Gasteiger charge is 2.14. The normalized spacial score (nSPS) is 10.0. The first kappa shape index (κ1) is 17.6. The number of carbonyl (C=O) groups excluding carboxylic acids is 2. The van der Waals surface area contributed by atoms with E-state index < -0.39 is 18.5 Å². The Labute approximate surface area is 152 Å². The predicted molar refractivity (Wildman–Crippen MR) is 96.1 cm³/mol. The van der Waals surface area contributed by atoms with Gasteiger partial charge in [0, 0.05) is 8.59 Å². The zero-order valence-electron chi connectivity index (χ0n) is 12.1. The lowest BCUT2D eigenvalue weighted by Gasteiger charge is -2.11. The molecule has 1 amide bonds. The maximum absolute atomic E-state index is 11.9. The van der Waals surface area contributed by atoms with Crippen LogP contribution in [0.3, 0.4) is 0 Å². The molecule has 0 spiro atoms. The SMILES string of the molecule is COc1ccc(Cl)cc1NC(=O)COC(=O)c1ccccc1I. The van der Waals surface area contributed by atoms with Crippen molar-refractivity contribution in [1.82, 2.24) is 0 Å². The zero-order valence-corrected chi connectivity index (χ0v) is 15.1. The number of methoxy groups -OCH3 is 1. The molecule has 0 saturated carbocycles. The number of halogens is 2. The molecule has 0 fully saturated rings. The lowest BCUT2D eigenvalue weighted by Crippen LogP contribution is -2.21. The number of hydrogen-bond acceptors (Lipinski definition) is 4. The average molecular weight is 446 g/mol. The summed E-state index contributed by atoms with van der Waals surface area (Å²) in [4.78, 5) is 23.9. The minimum absolute atomic E-state index is 0.403. The Morgan fingerprint density at radius 1 is 1.22 bits per heavy atom. The topological polar surface area (TPSA) is 64.6 Å². The van der Waals surface area contributed by atoms with Crippen LogP contribution in [0.25, 0.3) is 0 Å². The highest BCUT2D eigenvalue weighted by molar-refractivity contribution is 14.1. The molecule has 1 N–H and O–H groups in total. The predicted octanol–water partition coefficient (Wildman–Crippen LogP) is 3.75. The number of rotatable bonds is 5. The summed E-state index contributed by atoms with van der Waals surface area (Å²) < 4.78 is 10.9. The maximum atomic E-state index is 11.9. The van der Waals surface area contributed by atoms with E-state index in [0.717, 1.165) is 3.57 Å². The van der Waals surface area contributed by atoms with E-state index in [1.54, 1.807) is 36.4 Å². The van der Waals surface area contributed by atoms with E-state index >= 15 is 0 Å². The molecule has 120 valence electrons. The van der Waals surface area contributed by atoms with Gasteiger partial charge >= 0.3 is 5.97 Å². The van der Waals surface area contributed by atoms with Crippen molar-refractivity contribution in [3.05, 3.63) is 56.6 Å². The quantitative estimate of drug-likeness (QED) is 0.562. The standard InChI is InChI=1S/C16H13ClINO4/c1-22-14-7-6-10(17)8-13(14)19-15(20)9-23-16(21)11-4-2-3-5-12(11)18/h2-8H,9H2,1H3,(H,19,20). The monoisotopic (exact) mass is 445 g/mol. The summed E-state index contributed by atoms with van der Waals surface area (Å²) in [6, 6.07) is 11.8. The second-order valence-electron chi connectivity index (χ2n) is 4.45. The number of anilines is 1. The summed E-state index contributed by atoms with van der Waals surface area (Å²) >= 11 is 7.92. The van der Waals surface area contributed by atoms with Crippen molar-refractivity contribution >= 4 is 51.8 Å².